The molecule has 0 bridgehead atoms. The fourth-order valence-electron chi connectivity index (χ4n) is 5.71. The molecule has 2 aliphatic rings. The van der Waals surface area contributed by atoms with Crippen LogP contribution in [0.4, 0.5) is 11.4 Å². The number of esters is 1. The molecule has 3 aromatic carbocycles. The molecule has 0 saturated carbocycles. The number of carbonyl (C=O) groups is 4. The van der Waals surface area contributed by atoms with E-state index < -0.39 is 34.9 Å². The van der Waals surface area contributed by atoms with Gasteiger partial charge in [-0.15, -0.1) is 0 Å². The number of nitrogens with zero attached hydrogens (tertiary/aromatic N) is 2. The highest BCUT2D eigenvalue weighted by Gasteiger charge is 2.56. The van der Waals surface area contributed by atoms with Crippen LogP contribution in [0.25, 0.3) is 0 Å². The Morgan fingerprint density at radius 3 is 2.36 bits per heavy atom. The second kappa shape index (κ2) is 12.4. The number of ether oxygens (including phenoxy) is 2. The van der Waals surface area contributed by atoms with Crippen molar-refractivity contribution in [2.75, 3.05) is 23.9 Å². The minimum Gasteiger partial charge on any atom is -0.497 e. The van der Waals surface area contributed by atoms with E-state index in [1.807, 2.05) is 37.3 Å². The monoisotopic (exact) mass is 643 g/mol. The third-order valence-electron chi connectivity index (χ3n) is 7.76. The Morgan fingerprint density at radius 1 is 0.956 bits per heavy atom. The fraction of sp³-hybridized carbons (Fsp3) is 0.242. The third-order valence-corrected chi connectivity index (χ3v) is 10.4. The lowest BCUT2D eigenvalue weighted by atomic mass is 9.83. The molecule has 0 spiro atoms. The Balaban J connectivity index is 1.37. The Morgan fingerprint density at radius 2 is 1.69 bits per heavy atom. The molecule has 3 heterocycles. The van der Waals surface area contributed by atoms with Crippen molar-refractivity contribution in [2.45, 2.75) is 36.6 Å². The summed E-state index contributed by atoms with van der Waals surface area (Å²) in [4.78, 5) is 68.2. The zero-order valence-corrected chi connectivity index (χ0v) is 26.3. The molecular weight excluding hydrogens is 615 g/mol. The summed E-state index contributed by atoms with van der Waals surface area (Å²) >= 11 is 2.12. The quantitative estimate of drug-likeness (QED) is 0.214. The number of aryl methyl sites for hydroxylation is 1. The topological polar surface area (TPSA) is 124 Å². The molecule has 1 saturated heterocycles. The lowest BCUT2D eigenvalue weighted by molar-refractivity contribution is -0.122. The van der Waals surface area contributed by atoms with Gasteiger partial charge < -0.3 is 14.8 Å². The van der Waals surface area contributed by atoms with E-state index in [0.717, 1.165) is 39.1 Å². The van der Waals surface area contributed by atoms with Crippen molar-refractivity contribution in [1.82, 2.24) is 4.57 Å². The number of carbonyl (C=O) groups excluding carboxylic acids is 4. The van der Waals surface area contributed by atoms with Crippen molar-refractivity contribution in [1.29, 1.82) is 0 Å². The first kappa shape index (κ1) is 30.4. The van der Waals surface area contributed by atoms with Crippen LogP contribution in [0.1, 0.15) is 39.2 Å². The molecule has 0 aliphatic carbocycles. The van der Waals surface area contributed by atoms with Gasteiger partial charge in [0.05, 0.1) is 35.9 Å². The van der Waals surface area contributed by atoms with Crippen LogP contribution in [-0.2, 0) is 25.7 Å². The molecule has 3 atom stereocenters. The Hall–Kier alpha value is -4.68. The molecule has 1 N–H and O–H groups in total. The molecule has 6 rings (SSSR count). The van der Waals surface area contributed by atoms with Crippen molar-refractivity contribution in [3.63, 3.8) is 0 Å². The van der Waals surface area contributed by atoms with Crippen LogP contribution in [0, 0.1) is 12.8 Å². The van der Waals surface area contributed by atoms with Crippen molar-refractivity contribution in [3.05, 3.63) is 104 Å². The smallest absolute Gasteiger partial charge is 0.338 e. The molecule has 45 heavy (non-hydrogen) atoms. The van der Waals surface area contributed by atoms with Crippen LogP contribution >= 0.6 is 23.1 Å². The summed E-state index contributed by atoms with van der Waals surface area (Å²) < 4.78 is 11.8. The van der Waals surface area contributed by atoms with E-state index in [1.54, 1.807) is 44.4 Å². The van der Waals surface area contributed by atoms with Gasteiger partial charge in [0.25, 0.3) is 0 Å². The third kappa shape index (κ3) is 5.67. The predicted octanol–water partition coefficient (Wildman–Crippen LogP) is 4.84. The molecule has 1 aromatic heterocycles. The second-order valence-corrected chi connectivity index (χ2v) is 12.8. The summed E-state index contributed by atoms with van der Waals surface area (Å²) in [7, 11) is 1.55. The highest BCUT2D eigenvalue weighted by atomic mass is 32.2. The highest BCUT2D eigenvalue weighted by Crippen LogP contribution is 2.54. The van der Waals surface area contributed by atoms with Crippen molar-refractivity contribution in [2.24, 2.45) is 5.92 Å². The first-order valence-corrected chi connectivity index (χ1v) is 16.0. The molecule has 3 amide bonds. The first-order valence-electron chi connectivity index (χ1n) is 14.3. The van der Waals surface area contributed by atoms with Crippen LogP contribution < -0.4 is 19.8 Å². The van der Waals surface area contributed by atoms with E-state index in [4.69, 9.17) is 9.47 Å². The number of aromatic nitrogens is 1. The van der Waals surface area contributed by atoms with Gasteiger partial charge >= 0.3 is 10.8 Å². The maximum absolute atomic E-state index is 14.1. The zero-order valence-electron chi connectivity index (χ0n) is 24.6. The average molecular weight is 644 g/mol. The van der Waals surface area contributed by atoms with E-state index in [1.165, 1.54) is 16.7 Å². The van der Waals surface area contributed by atoms with E-state index >= 15 is 0 Å². The number of rotatable bonds is 8. The van der Waals surface area contributed by atoms with Gasteiger partial charge in [0.2, 0.25) is 17.7 Å². The molecular formula is C33H29N3O7S2. The first-order chi connectivity index (χ1) is 21.7. The number of hydrogen-bond acceptors (Lipinski definition) is 9. The number of benzene rings is 3. The molecule has 4 aromatic rings. The molecule has 0 unspecified atom stereocenters. The Bertz CT molecular complexity index is 1860. The van der Waals surface area contributed by atoms with Crippen molar-refractivity contribution in [3.8, 4) is 5.75 Å². The number of fused-ring (bicyclic) bond motifs is 2. The van der Waals surface area contributed by atoms with Crippen LogP contribution in [0.5, 0.6) is 5.75 Å². The lowest BCUT2D eigenvalue weighted by Crippen LogP contribution is -2.33. The van der Waals surface area contributed by atoms with Gasteiger partial charge in [-0.3, -0.25) is 23.7 Å². The van der Waals surface area contributed by atoms with Gasteiger partial charge in [-0.2, -0.15) is 0 Å². The zero-order chi connectivity index (χ0) is 31.8. The van der Waals surface area contributed by atoms with Gasteiger partial charge in [-0.25, -0.2) is 9.69 Å². The summed E-state index contributed by atoms with van der Waals surface area (Å²) in [5, 5.41) is 2.49. The normalized spacial score (nSPS) is 18.7. The van der Waals surface area contributed by atoms with Crippen LogP contribution in [-0.4, -0.2) is 47.2 Å². The minimum atomic E-state index is -0.845. The Kier molecular flexibility index (Phi) is 8.34. The maximum Gasteiger partial charge on any atom is 0.338 e. The van der Waals surface area contributed by atoms with E-state index in [-0.39, 0.29) is 23.9 Å². The SMILES string of the molecule is CCOC(=O)c1ccc(N2C(=O)[C@H]3[C@H](c4ccc(OC)cc4)c4sc(=O)n(CC(=O)Nc5cccc(C)c5)c4S[C@H]3C2=O)cc1. The maximum atomic E-state index is 14.1. The number of anilines is 2. The number of thioether (sulfide) groups is 1. The van der Waals surface area contributed by atoms with Crippen molar-refractivity contribution < 1.29 is 28.7 Å². The van der Waals surface area contributed by atoms with Gasteiger partial charge in [-0.1, -0.05) is 47.4 Å². The van der Waals surface area contributed by atoms with E-state index in [2.05, 4.69) is 5.32 Å². The van der Waals surface area contributed by atoms with E-state index in [9.17, 15) is 24.0 Å². The number of hydrogen-bond donors (Lipinski definition) is 1. The van der Waals surface area contributed by atoms with Gasteiger partial charge in [-0.05, 0) is 73.5 Å². The predicted molar refractivity (Wildman–Crippen MR) is 171 cm³/mol. The molecule has 230 valence electrons. The summed E-state index contributed by atoms with van der Waals surface area (Å²) in [6.45, 7) is 3.60. The van der Waals surface area contributed by atoms with E-state index in [0.29, 0.717) is 32.6 Å². The van der Waals surface area contributed by atoms with Crippen LogP contribution in [0.2, 0.25) is 0 Å². The number of thiazole rings is 1. The average Bonchev–Trinajstić information content (AvgIpc) is 3.47. The number of amides is 3. The fourth-order valence-corrected chi connectivity index (χ4v) is 8.48. The van der Waals surface area contributed by atoms with Crippen LogP contribution in [0.3, 0.4) is 0 Å². The van der Waals surface area contributed by atoms with Gasteiger partial charge in [0.1, 0.15) is 17.5 Å². The number of imide groups is 1. The summed E-state index contributed by atoms with van der Waals surface area (Å²) in [6.07, 6.45) is 0. The molecule has 10 nitrogen and oxygen atoms in total. The van der Waals surface area contributed by atoms with Gasteiger partial charge in [0, 0.05) is 16.5 Å². The van der Waals surface area contributed by atoms with Crippen LogP contribution in [0.15, 0.2) is 82.6 Å². The summed E-state index contributed by atoms with van der Waals surface area (Å²) in [6, 6.07) is 20.7. The molecule has 1 fully saturated rings. The largest absolute Gasteiger partial charge is 0.497 e. The lowest BCUT2D eigenvalue weighted by Gasteiger charge is -2.30. The van der Waals surface area contributed by atoms with Gasteiger partial charge in [0.15, 0.2) is 0 Å². The summed E-state index contributed by atoms with van der Waals surface area (Å²) in [5.41, 5.74) is 2.97. The highest BCUT2D eigenvalue weighted by molar-refractivity contribution is 8.00. The molecule has 12 heteroatoms. The molecule has 2 aliphatic heterocycles. The summed E-state index contributed by atoms with van der Waals surface area (Å²) in [5.74, 6) is -2.52. The Labute approximate surface area is 267 Å². The molecule has 0 radical (unpaired) electrons. The van der Waals surface area contributed by atoms with Crippen molar-refractivity contribution >= 4 is 58.2 Å². The second-order valence-electron chi connectivity index (χ2n) is 10.6. The minimum absolute atomic E-state index is 0.222. The number of methoxy groups -OCH3 is 1. The number of nitrogens with one attached hydrogen (secondary N) is 1. The standard InChI is InChI=1S/C33H29N3O7S2/c1-4-43-32(40)20-8-12-22(13-9-20)36-29(38)26-25(19-10-14-23(42-3)15-11-19)28-31(44-27(26)30(36)39)35(33(41)45-28)17-24(37)34-21-7-5-6-18(2)16-21/h5-16,25-27H,4,17H2,1-3H3,(H,34,37)/t25-,26-,27+/m0/s1.